The van der Waals surface area contributed by atoms with Gasteiger partial charge < -0.3 is 10.1 Å². The molecule has 2 N–H and O–H groups in total. The Morgan fingerprint density at radius 2 is 1.73 bits per heavy atom. The summed E-state index contributed by atoms with van der Waals surface area (Å²) >= 11 is 0. The summed E-state index contributed by atoms with van der Waals surface area (Å²) in [6, 6.07) is 10.2. The largest absolute Gasteiger partial charge is 0.484 e. The van der Waals surface area contributed by atoms with Gasteiger partial charge in [0.05, 0.1) is 10.6 Å². The number of carbonyl (C=O) groups excluding carboxylic acids is 1. The fourth-order valence-electron chi connectivity index (χ4n) is 2.84. The van der Waals surface area contributed by atoms with Crippen molar-refractivity contribution < 1.29 is 17.9 Å². The number of carbonyl (C=O) groups is 1. The van der Waals surface area contributed by atoms with E-state index in [1.165, 1.54) is 0 Å². The highest BCUT2D eigenvalue weighted by molar-refractivity contribution is 7.92. The number of hydrogen-bond acceptors (Lipinski definition) is 4. The van der Waals surface area contributed by atoms with Gasteiger partial charge in [-0.05, 0) is 51.0 Å². The third kappa shape index (κ3) is 4.98. The summed E-state index contributed by atoms with van der Waals surface area (Å²) in [5, 5.41) is 2.63. The zero-order chi connectivity index (χ0) is 19.3. The lowest BCUT2D eigenvalue weighted by molar-refractivity contribution is -0.122. The molecule has 0 fully saturated rings. The molecule has 6 nitrogen and oxygen atoms in total. The van der Waals surface area contributed by atoms with E-state index < -0.39 is 10.0 Å². The normalized spacial score (nSPS) is 11.1. The first kappa shape index (κ1) is 19.8. The number of rotatable bonds is 7. The van der Waals surface area contributed by atoms with Gasteiger partial charge in [-0.1, -0.05) is 23.8 Å². The van der Waals surface area contributed by atoms with Crippen LogP contribution in [0.4, 0.5) is 5.69 Å². The molecule has 2 aromatic carbocycles. The van der Waals surface area contributed by atoms with Gasteiger partial charge in [0.2, 0.25) is 0 Å². The van der Waals surface area contributed by atoms with Crippen LogP contribution in [0, 0.1) is 20.8 Å². The standard InChI is InChI=1S/C19H24N2O4S/c1-5-20-18(22)12-25-17-8-6-7-16(11-17)21-26(23,24)19-14(3)9-13(2)10-15(19)4/h6-11,21H,5,12H2,1-4H3,(H,20,22). The van der Waals surface area contributed by atoms with E-state index in [9.17, 15) is 13.2 Å². The van der Waals surface area contributed by atoms with Crippen LogP contribution in [0.2, 0.25) is 0 Å². The van der Waals surface area contributed by atoms with Crippen molar-refractivity contribution in [3.05, 3.63) is 53.1 Å². The molecule has 0 aliphatic carbocycles. The first-order chi connectivity index (χ1) is 12.2. The first-order valence-electron chi connectivity index (χ1n) is 8.33. The maximum atomic E-state index is 12.8. The minimum Gasteiger partial charge on any atom is -0.484 e. The summed E-state index contributed by atoms with van der Waals surface area (Å²) < 4.78 is 33.6. The molecular weight excluding hydrogens is 352 g/mol. The van der Waals surface area contributed by atoms with E-state index in [2.05, 4.69) is 10.0 Å². The van der Waals surface area contributed by atoms with E-state index in [0.717, 1.165) is 5.56 Å². The third-order valence-corrected chi connectivity index (χ3v) is 5.39. The van der Waals surface area contributed by atoms with Crippen LogP contribution in [0.1, 0.15) is 23.6 Å². The molecule has 0 aromatic heterocycles. The van der Waals surface area contributed by atoms with Crippen LogP contribution in [0.3, 0.4) is 0 Å². The highest BCUT2D eigenvalue weighted by Gasteiger charge is 2.20. The molecule has 140 valence electrons. The zero-order valence-corrected chi connectivity index (χ0v) is 16.2. The van der Waals surface area contributed by atoms with Gasteiger partial charge in [0, 0.05) is 12.6 Å². The molecule has 0 spiro atoms. The van der Waals surface area contributed by atoms with Crippen molar-refractivity contribution in [2.45, 2.75) is 32.6 Å². The Kier molecular flexibility index (Phi) is 6.26. The maximum absolute atomic E-state index is 12.8. The second-order valence-electron chi connectivity index (χ2n) is 6.10. The van der Waals surface area contributed by atoms with Gasteiger partial charge in [-0.25, -0.2) is 8.42 Å². The van der Waals surface area contributed by atoms with Crippen LogP contribution in [0.25, 0.3) is 0 Å². The Morgan fingerprint density at radius 3 is 2.35 bits per heavy atom. The van der Waals surface area contributed by atoms with Crippen molar-refractivity contribution in [1.29, 1.82) is 0 Å². The number of likely N-dealkylation sites (N-methyl/N-ethyl adjacent to an activating group) is 1. The van der Waals surface area contributed by atoms with E-state index in [4.69, 9.17) is 4.74 Å². The smallest absolute Gasteiger partial charge is 0.262 e. The molecule has 0 heterocycles. The van der Waals surface area contributed by atoms with Crippen LogP contribution in [0.15, 0.2) is 41.3 Å². The number of sulfonamides is 1. The van der Waals surface area contributed by atoms with Gasteiger partial charge in [0.25, 0.3) is 15.9 Å². The molecule has 2 aromatic rings. The van der Waals surface area contributed by atoms with Crippen molar-refractivity contribution in [1.82, 2.24) is 5.32 Å². The van der Waals surface area contributed by atoms with E-state index >= 15 is 0 Å². The van der Waals surface area contributed by atoms with Gasteiger partial charge in [-0.3, -0.25) is 9.52 Å². The molecule has 0 saturated carbocycles. The van der Waals surface area contributed by atoms with Crippen LogP contribution >= 0.6 is 0 Å². The molecule has 0 aliphatic heterocycles. The van der Waals surface area contributed by atoms with Crippen LogP contribution in [-0.2, 0) is 14.8 Å². The summed E-state index contributed by atoms with van der Waals surface area (Å²) in [5.74, 6) is 0.179. The van der Waals surface area contributed by atoms with Crippen molar-refractivity contribution in [2.24, 2.45) is 0 Å². The number of hydrogen-bond donors (Lipinski definition) is 2. The van der Waals surface area contributed by atoms with Gasteiger partial charge in [0.15, 0.2) is 6.61 Å². The molecule has 26 heavy (non-hydrogen) atoms. The Balaban J connectivity index is 2.20. The number of amides is 1. The van der Waals surface area contributed by atoms with Crippen LogP contribution in [-0.4, -0.2) is 27.5 Å². The molecule has 0 radical (unpaired) electrons. The van der Waals surface area contributed by atoms with E-state index in [0.29, 0.717) is 29.1 Å². The van der Waals surface area contributed by atoms with Gasteiger partial charge in [-0.15, -0.1) is 0 Å². The fraction of sp³-hybridized carbons (Fsp3) is 0.316. The van der Waals surface area contributed by atoms with E-state index in [-0.39, 0.29) is 17.4 Å². The predicted octanol–water partition coefficient (Wildman–Crippen LogP) is 2.93. The number of ether oxygens (including phenoxy) is 1. The Labute approximate surface area is 154 Å². The fourth-order valence-corrected chi connectivity index (χ4v) is 4.35. The van der Waals surface area contributed by atoms with E-state index in [1.54, 1.807) is 38.1 Å². The summed E-state index contributed by atoms with van der Waals surface area (Å²) in [7, 11) is -3.73. The Morgan fingerprint density at radius 1 is 1.08 bits per heavy atom. The summed E-state index contributed by atoms with van der Waals surface area (Å²) in [6.45, 7) is 7.71. The topological polar surface area (TPSA) is 84.5 Å². The number of nitrogens with one attached hydrogen (secondary N) is 2. The van der Waals surface area contributed by atoms with Gasteiger partial charge >= 0.3 is 0 Å². The minimum absolute atomic E-state index is 0.125. The Bertz CT molecular complexity index is 885. The summed E-state index contributed by atoms with van der Waals surface area (Å²) in [6.07, 6.45) is 0. The average molecular weight is 376 g/mol. The van der Waals surface area contributed by atoms with Crippen LogP contribution < -0.4 is 14.8 Å². The third-order valence-electron chi connectivity index (χ3n) is 3.70. The molecule has 7 heteroatoms. The number of aryl methyl sites for hydroxylation is 3. The highest BCUT2D eigenvalue weighted by atomic mass is 32.2. The molecule has 0 saturated heterocycles. The second kappa shape index (κ2) is 8.23. The summed E-state index contributed by atoms with van der Waals surface area (Å²) in [4.78, 5) is 11.7. The molecule has 1 amide bonds. The molecule has 0 bridgehead atoms. The minimum atomic E-state index is -3.73. The lowest BCUT2D eigenvalue weighted by Gasteiger charge is -2.14. The summed E-state index contributed by atoms with van der Waals surface area (Å²) in [5.41, 5.74) is 2.77. The molecule has 2 rings (SSSR count). The first-order valence-corrected chi connectivity index (χ1v) is 9.81. The molecule has 0 atom stereocenters. The molecular formula is C19H24N2O4S. The lowest BCUT2D eigenvalue weighted by atomic mass is 10.1. The Hall–Kier alpha value is -2.54. The van der Waals surface area contributed by atoms with Crippen molar-refractivity contribution in [2.75, 3.05) is 17.9 Å². The van der Waals surface area contributed by atoms with Crippen molar-refractivity contribution in [3.63, 3.8) is 0 Å². The second-order valence-corrected chi connectivity index (χ2v) is 7.72. The monoisotopic (exact) mass is 376 g/mol. The average Bonchev–Trinajstić information content (AvgIpc) is 2.51. The molecule has 0 unspecified atom stereocenters. The van der Waals surface area contributed by atoms with Gasteiger partial charge in [-0.2, -0.15) is 0 Å². The van der Waals surface area contributed by atoms with Crippen molar-refractivity contribution in [3.8, 4) is 5.75 Å². The molecule has 0 aliphatic rings. The lowest BCUT2D eigenvalue weighted by Crippen LogP contribution is -2.28. The quantitative estimate of drug-likeness (QED) is 0.778. The zero-order valence-electron chi connectivity index (χ0n) is 15.4. The van der Waals surface area contributed by atoms with Crippen LogP contribution in [0.5, 0.6) is 5.75 Å². The predicted molar refractivity (Wildman–Crippen MR) is 102 cm³/mol. The number of benzene rings is 2. The van der Waals surface area contributed by atoms with E-state index in [1.807, 2.05) is 26.0 Å². The SMILES string of the molecule is CCNC(=O)COc1cccc(NS(=O)(=O)c2c(C)cc(C)cc2C)c1. The maximum Gasteiger partial charge on any atom is 0.262 e. The van der Waals surface area contributed by atoms with Gasteiger partial charge in [0.1, 0.15) is 5.75 Å². The van der Waals surface area contributed by atoms with Crippen molar-refractivity contribution >= 4 is 21.6 Å². The number of anilines is 1. The highest BCUT2D eigenvalue weighted by Crippen LogP contribution is 2.25.